The van der Waals surface area contributed by atoms with Crippen molar-refractivity contribution < 1.29 is 9.90 Å². The molecule has 0 radical (unpaired) electrons. The zero-order valence-electron chi connectivity index (χ0n) is 7.47. The van der Waals surface area contributed by atoms with Crippen molar-refractivity contribution in [3.63, 3.8) is 0 Å². The normalized spacial score (nSPS) is 12.9. The molecule has 0 saturated heterocycles. The summed E-state index contributed by atoms with van der Waals surface area (Å²) in [5.41, 5.74) is 0. The Morgan fingerprint density at radius 2 is 1.91 bits per heavy atom. The predicted molar refractivity (Wildman–Crippen MR) is 45.6 cm³/mol. The lowest BCUT2D eigenvalue weighted by atomic mass is 9.97. The highest BCUT2D eigenvalue weighted by atomic mass is 16.4. The first-order chi connectivity index (χ1) is 5.22. The Morgan fingerprint density at radius 1 is 1.27 bits per heavy atom. The number of carboxylic acids is 1. The number of aliphatic carboxylic acids is 1. The van der Waals surface area contributed by atoms with Crippen LogP contribution in [0.2, 0.25) is 0 Å². The molecule has 0 aromatic rings. The first kappa shape index (κ1) is 10.5. The molecule has 2 heteroatoms. The Morgan fingerprint density at radius 3 is 2.27 bits per heavy atom. The van der Waals surface area contributed by atoms with Crippen LogP contribution in [-0.4, -0.2) is 11.1 Å². The largest absolute Gasteiger partial charge is 0.481 e. The van der Waals surface area contributed by atoms with E-state index in [1.54, 1.807) is 0 Å². The number of hydrogen-bond donors (Lipinski definition) is 1. The zero-order chi connectivity index (χ0) is 8.69. The van der Waals surface area contributed by atoms with Crippen LogP contribution < -0.4 is 0 Å². The lowest BCUT2D eigenvalue weighted by molar-refractivity contribution is -0.142. The molecular formula is C9H18O2. The molecule has 0 heterocycles. The minimum Gasteiger partial charge on any atom is -0.481 e. The van der Waals surface area contributed by atoms with Crippen molar-refractivity contribution in [3.8, 4) is 0 Å². The number of carboxylic acid groups (broad SMARTS) is 1. The van der Waals surface area contributed by atoms with Gasteiger partial charge in [-0.25, -0.2) is 0 Å². The SMILES string of the molecule is CCCC[C@H](CCC)C(=O)O. The van der Waals surface area contributed by atoms with Crippen LogP contribution in [0.1, 0.15) is 46.0 Å². The smallest absolute Gasteiger partial charge is 0.306 e. The Labute approximate surface area is 68.6 Å². The summed E-state index contributed by atoms with van der Waals surface area (Å²) in [6, 6.07) is 0. The molecule has 0 unspecified atom stereocenters. The molecule has 0 bridgehead atoms. The second-order valence-corrected chi connectivity index (χ2v) is 2.97. The summed E-state index contributed by atoms with van der Waals surface area (Å²) < 4.78 is 0. The molecule has 0 aliphatic heterocycles. The quantitative estimate of drug-likeness (QED) is 0.645. The average Bonchev–Trinajstić information content (AvgIpc) is 1.97. The minimum atomic E-state index is -0.625. The molecule has 0 spiro atoms. The van der Waals surface area contributed by atoms with Gasteiger partial charge in [0, 0.05) is 0 Å². The van der Waals surface area contributed by atoms with E-state index in [1.807, 2.05) is 6.92 Å². The van der Waals surface area contributed by atoms with Gasteiger partial charge in [-0.1, -0.05) is 33.1 Å². The third-order valence-electron chi connectivity index (χ3n) is 1.89. The topological polar surface area (TPSA) is 37.3 Å². The van der Waals surface area contributed by atoms with Gasteiger partial charge < -0.3 is 5.11 Å². The van der Waals surface area contributed by atoms with Crippen LogP contribution in [0.15, 0.2) is 0 Å². The minimum absolute atomic E-state index is 0.0973. The van der Waals surface area contributed by atoms with Crippen molar-refractivity contribution in [2.45, 2.75) is 46.0 Å². The maximum atomic E-state index is 10.6. The van der Waals surface area contributed by atoms with E-state index in [0.717, 1.165) is 32.1 Å². The highest BCUT2D eigenvalue weighted by Gasteiger charge is 2.14. The molecule has 66 valence electrons. The number of carbonyl (C=O) groups is 1. The van der Waals surface area contributed by atoms with Crippen LogP contribution in [-0.2, 0) is 4.79 Å². The van der Waals surface area contributed by atoms with Crippen LogP contribution in [0, 0.1) is 5.92 Å². The van der Waals surface area contributed by atoms with Gasteiger partial charge in [0.25, 0.3) is 0 Å². The lowest BCUT2D eigenvalue weighted by Crippen LogP contribution is -2.12. The summed E-state index contributed by atoms with van der Waals surface area (Å²) in [7, 11) is 0. The third-order valence-corrected chi connectivity index (χ3v) is 1.89. The third kappa shape index (κ3) is 4.82. The maximum absolute atomic E-state index is 10.6. The fourth-order valence-corrected chi connectivity index (χ4v) is 1.19. The van der Waals surface area contributed by atoms with Gasteiger partial charge in [-0.2, -0.15) is 0 Å². The Balaban J connectivity index is 3.60. The highest BCUT2D eigenvalue weighted by Crippen LogP contribution is 2.14. The van der Waals surface area contributed by atoms with Gasteiger partial charge in [-0.15, -0.1) is 0 Å². The molecule has 0 fully saturated rings. The molecule has 1 atom stereocenters. The Hall–Kier alpha value is -0.530. The molecule has 1 N–H and O–H groups in total. The monoisotopic (exact) mass is 158 g/mol. The first-order valence-electron chi connectivity index (χ1n) is 4.45. The van der Waals surface area contributed by atoms with Crippen LogP contribution in [0.3, 0.4) is 0 Å². The van der Waals surface area contributed by atoms with Crippen molar-refractivity contribution in [3.05, 3.63) is 0 Å². The zero-order valence-corrected chi connectivity index (χ0v) is 7.47. The number of rotatable bonds is 6. The van der Waals surface area contributed by atoms with Crippen molar-refractivity contribution in [2.24, 2.45) is 5.92 Å². The average molecular weight is 158 g/mol. The van der Waals surface area contributed by atoms with Crippen LogP contribution in [0.4, 0.5) is 0 Å². The number of unbranched alkanes of at least 4 members (excludes halogenated alkanes) is 1. The second-order valence-electron chi connectivity index (χ2n) is 2.97. The Bertz CT molecular complexity index is 110. The van der Waals surface area contributed by atoms with Gasteiger partial charge in [0.15, 0.2) is 0 Å². The maximum Gasteiger partial charge on any atom is 0.306 e. The van der Waals surface area contributed by atoms with E-state index in [0.29, 0.717) is 0 Å². The highest BCUT2D eigenvalue weighted by molar-refractivity contribution is 5.69. The summed E-state index contributed by atoms with van der Waals surface area (Å²) in [4.78, 5) is 10.6. The van der Waals surface area contributed by atoms with Crippen LogP contribution in [0.5, 0.6) is 0 Å². The van der Waals surface area contributed by atoms with Gasteiger partial charge in [0.05, 0.1) is 5.92 Å². The van der Waals surface area contributed by atoms with Crippen LogP contribution in [0.25, 0.3) is 0 Å². The fourth-order valence-electron chi connectivity index (χ4n) is 1.19. The number of hydrogen-bond acceptors (Lipinski definition) is 1. The summed E-state index contributed by atoms with van der Waals surface area (Å²) in [5.74, 6) is -0.722. The van der Waals surface area contributed by atoms with Gasteiger partial charge in [-0.3, -0.25) is 4.79 Å². The van der Waals surface area contributed by atoms with E-state index in [2.05, 4.69) is 6.92 Å². The first-order valence-corrected chi connectivity index (χ1v) is 4.45. The molecular weight excluding hydrogens is 140 g/mol. The molecule has 0 aliphatic carbocycles. The summed E-state index contributed by atoms with van der Waals surface area (Å²) >= 11 is 0. The van der Waals surface area contributed by atoms with E-state index in [1.165, 1.54) is 0 Å². The second kappa shape index (κ2) is 6.20. The van der Waals surface area contributed by atoms with Crippen molar-refractivity contribution >= 4 is 5.97 Å². The standard InChI is InChI=1S/C9H18O2/c1-3-5-7-8(6-4-2)9(10)11/h8H,3-7H2,1-2H3,(H,10,11)/t8-/m0/s1. The van der Waals surface area contributed by atoms with E-state index in [4.69, 9.17) is 5.11 Å². The molecule has 11 heavy (non-hydrogen) atoms. The Kier molecular flexibility index (Phi) is 5.90. The van der Waals surface area contributed by atoms with Gasteiger partial charge in [0.2, 0.25) is 0 Å². The van der Waals surface area contributed by atoms with E-state index in [-0.39, 0.29) is 5.92 Å². The van der Waals surface area contributed by atoms with Crippen molar-refractivity contribution in [2.75, 3.05) is 0 Å². The van der Waals surface area contributed by atoms with Gasteiger partial charge in [-0.05, 0) is 12.8 Å². The summed E-state index contributed by atoms with van der Waals surface area (Å²) in [6.07, 6.45) is 4.78. The molecule has 0 saturated carbocycles. The van der Waals surface area contributed by atoms with Crippen LogP contribution >= 0.6 is 0 Å². The molecule has 2 nitrogen and oxygen atoms in total. The van der Waals surface area contributed by atoms with Crippen molar-refractivity contribution in [1.82, 2.24) is 0 Å². The van der Waals surface area contributed by atoms with E-state index in [9.17, 15) is 4.79 Å². The van der Waals surface area contributed by atoms with Gasteiger partial charge in [0.1, 0.15) is 0 Å². The fraction of sp³-hybridized carbons (Fsp3) is 0.889. The molecule has 0 aromatic heterocycles. The van der Waals surface area contributed by atoms with E-state index >= 15 is 0 Å². The van der Waals surface area contributed by atoms with Gasteiger partial charge >= 0.3 is 5.97 Å². The molecule has 0 aromatic carbocycles. The lowest BCUT2D eigenvalue weighted by Gasteiger charge is -2.08. The molecule has 0 rings (SSSR count). The predicted octanol–water partition coefficient (Wildman–Crippen LogP) is 2.68. The molecule has 0 amide bonds. The van der Waals surface area contributed by atoms with E-state index < -0.39 is 5.97 Å². The molecule has 0 aliphatic rings. The summed E-state index contributed by atoms with van der Waals surface area (Å²) in [6.45, 7) is 4.12. The van der Waals surface area contributed by atoms with Crippen molar-refractivity contribution in [1.29, 1.82) is 0 Å². The summed E-state index contributed by atoms with van der Waals surface area (Å²) in [5, 5.41) is 8.73.